The zero-order valence-electron chi connectivity index (χ0n) is 34.1. The minimum Gasteiger partial charge on any atom is -0.310 e. The molecule has 8 aromatic carbocycles. The number of allylic oxidation sites excluding steroid dienone is 4. The second-order valence-electron chi connectivity index (χ2n) is 14.9. The van der Waals surface area contributed by atoms with E-state index in [1.807, 2.05) is 0 Å². The van der Waals surface area contributed by atoms with Crippen LogP contribution in [0.1, 0.15) is 33.4 Å². The molecule has 0 atom stereocenters. The predicted molar refractivity (Wildman–Crippen MR) is 260 cm³/mol. The minimum atomic E-state index is 1.09. The van der Waals surface area contributed by atoms with Crippen molar-refractivity contribution in [3.05, 3.63) is 264 Å². The number of hydrogen-bond donors (Lipinski definition) is 0. The molecule has 0 heterocycles. The third-order valence-electron chi connectivity index (χ3n) is 10.4. The van der Waals surface area contributed by atoms with Crippen molar-refractivity contribution in [3.63, 3.8) is 0 Å². The Kier molecular flexibility index (Phi) is 12.5. The van der Waals surface area contributed by atoms with E-state index in [-0.39, 0.29) is 0 Å². The molecular weight excluding hydrogens is 725 g/mol. The van der Waals surface area contributed by atoms with Crippen molar-refractivity contribution in [2.45, 2.75) is 13.8 Å². The molecule has 0 amide bonds. The second-order valence-corrected chi connectivity index (χ2v) is 14.9. The molecule has 8 aromatic rings. The molecule has 0 N–H and O–H groups in total. The summed E-state index contributed by atoms with van der Waals surface area (Å²) in [5.41, 5.74) is 16.1. The summed E-state index contributed by atoms with van der Waals surface area (Å²) in [4.78, 5) is 4.63. The second kappa shape index (κ2) is 19.2. The highest BCUT2D eigenvalue weighted by molar-refractivity contribution is 5.82. The van der Waals surface area contributed by atoms with Gasteiger partial charge in [-0.3, -0.25) is 0 Å². The van der Waals surface area contributed by atoms with Crippen LogP contribution in [0.25, 0.3) is 35.4 Å². The van der Waals surface area contributed by atoms with Crippen LogP contribution in [-0.4, -0.2) is 0 Å². The molecule has 2 heteroatoms. The van der Waals surface area contributed by atoms with Crippen LogP contribution in [-0.2, 0) is 0 Å². The van der Waals surface area contributed by atoms with E-state index in [0.717, 1.165) is 56.4 Å². The van der Waals surface area contributed by atoms with Gasteiger partial charge in [-0.25, -0.2) is 0 Å². The van der Waals surface area contributed by atoms with Crippen molar-refractivity contribution in [3.8, 4) is 11.1 Å². The molecule has 0 bridgehead atoms. The van der Waals surface area contributed by atoms with Gasteiger partial charge in [-0.05, 0) is 120 Å². The number of hydrogen-bond acceptors (Lipinski definition) is 2. The summed E-state index contributed by atoms with van der Waals surface area (Å²) in [6.07, 6.45) is 17.0. The zero-order chi connectivity index (χ0) is 40.9. The fourth-order valence-corrected chi connectivity index (χ4v) is 7.21. The van der Waals surface area contributed by atoms with Crippen LogP contribution in [0.4, 0.5) is 34.1 Å². The van der Waals surface area contributed by atoms with E-state index in [1.54, 1.807) is 0 Å². The number of para-hydroxylation sites is 2. The third-order valence-corrected chi connectivity index (χ3v) is 10.4. The molecule has 0 saturated carbocycles. The largest absolute Gasteiger partial charge is 0.310 e. The van der Waals surface area contributed by atoms with E-state index in [9.17, 15) is 0 Å². The number of benzene rings is 8. The van der Waals surface area contributed by atoms with Crippen LogP contribution in [0.5, 0.6) is 0 Å². The molecule has 0 aliphatic heterocycles. The Morgan fingerprint density at radius 1 is 0.267 bits per heavy atom. The first kappa shape index (κ1) is 39.2. The van der Waals surface area contributed by atoms with Crippen LogP contribution in [0.15, 0.2) is 231 Å². The van der Waals surface area contributed by atoms with Gasteiger partial charge >= 0.3 is 0 Å². The van der Waals surface area contributed by atoms with Gasteiger partial charge in [-0.1, -0.05) is 193 Å². The molecular formula is C58H48N2. The van der Waals surface area contributed by atoms with Crippen molar-refractivity contribution < 1.29 is 0 Å². The van der Waals surface area contributed by atoms with Gasteiger partial charge in [0.25, 0.3) is 0 Å². The van der Waals surface area contributed by atoms with Crippen molar-refractivity contribution in [1.29, 1.82) is 0 Å². The van der Waals surface area contributed by atoms with Gasteiger partial charge in [-0.2, -0.15) is 0 Å². The van der Waals surface area contributed by atoms with E-state index in [0.29, 0.717) is 0 Å². The van der Waals surface area contributed by atoms with Gasteiger partial charge in [-0.15, -0.1) is 0 Å². The Hall–Kier alpha value is -7.68. The topological polar surface area (TPSA) is 6.48 Å². The van der Waals surface area contributed by atoms with Gasteiger partial charge in [0.05, 0.1) is 0 Å². The molecule has 290 valence electrons. The van der Waals surface area contributed by atoms with E-state index in [4.69, 9.17) is 0 Å². The Labute approximate surface area is 355 Å². The maximum atomic E-state index is 2.31. The summed E-state index contributed by atoms with van der Waals surface area (Å²) in [7, 11) is 0. The molecule has 0 spiro atoms. The summed E-state index contributed by atoms with van der Waals surface area (Å²) < 4.78 is 0. The van der Waals surface area contributed by atoms with Gasteiger partial charge in [0, 0.05) is 34.1 Å². The molecule has 60 heavy (non-hydrogen) atoms. The fraction of sp³-hybridized carbons (Fsp3) is 0.0345. The lowest BCUT2D eigenvalue weighted by Gasteiger charge is -2.26. The standard InChI is InChI=1S/C58H48N2/c1-45-27-31-47(32-28-45)15-9-11-17-49-19-13-25-57(43-49)59(53-21-5-3-6-22-53)55-39-35-51(36-40-55)52-37-41-56(42-38-52)60(54-23-7-4-8-24-54)58-26-14-20-50(44-58)18-12-10-16-48-33-29-46(2)30-34-48/h3-44H,1-2H3/b15-9+,16-10+,17-11+,18-12+. The highest BCUT2D eigenvalue weighted by Crippen LogP contribution is 2.38. The first-order valence-electron chi connectivity index (χ1n) is 20.5. The van der Waals surface area contributed by atoms with Gasteiger partial charge in [0.15, 0.2) is 0 Å². The normalized spacial score (nSPS) is 11.6. The number of rotatable bonds is 13. The average molecular weight is 773 g/mol. The Morgan fingerprint density at radius 2 is 0.583 bits per heavy atom. The van der Waals surface area contributed by atoms with Crippen LogP contribution in [0.3, 0.4) is 0 Å². The van der Waals surface area contributed by atoms with Crippen LogP contribution in [0.2, 0.25) is 0 Å². The van der Waals surface area contributed by atoms with Crippen molar-refractivity contribution in [1.82, 2.24) is 0 Å². The molecule has 0 saturated heterocycles. The third kappa shape index (κ3) is 10.1. The first-order chi connectivity index (χ1) is 29.6. The predicted octanol–water partition coefficient (Wildman–Crippen LogP) is 16.4. The van der Waals surface area contributed by atoms with Crippen molar-refractivity contribution in [2.24, 2.45) is 0 Å². The number of aryl methyl sites for hydroxylation is 2. The molecule has 8 rings (SSSR count). The average Bonchev–Trinajstić information content (AvgIpc) is 3.30. The Balaban J connectivity index is 1.02. The smallest absolute Gasteiger partial charge is 0.0467 e. The van der Waals surface area contributed by atoms with Gasteiger partial charge in [0.1, 0.15) is 0 Å². The van der Waals surface area contributed by atoms with E-state index >= 15 is 0 Å². The van der Waals surface area contributed by atoms with E-state index < -0.39 is 0 Å². The quantitative estimate of drug-likeness (QED) is 0.108. The molecule has 0 radical (unpaired) electrons. The number of nitrogens with zero attached hydrogens (tertiary/aromatic N) is 2. The summed E-state index contributed by atoms with van der Waals surface area (Å²) in [6.45, 7) is 4.22. The van der Waals surface area contributed by atoms with Crippen LogP contribution >= 0.6 is 0 Å². The fourth-order valence-electron chi connectivity index (χ4n) is 7.21. The molecule has 0 aliphatic rings. The highest BCUT2D eigenvalue weighted by atomic mass is 15.1. The summed E-state index contributed by atoms with van der Waals surface area (Å²) in [6, 6.07) is 73.4. The van der Waals surface area contributed by atoms with Crippen LogP contribution in [0, 0.1) is 13.8 Å². The van der Waals surface area contributed by atoms with Gasteiger partial charge < -0.3 is 9.80 Å². The lowest BCUT2D eigenvalue weighted by molar-refractivity contribution is 1.28. The number of anilines is 6. The van der Waals surface area contributed by atoms with E-state index in [1.165, 1.54) is 22.3 Å². The summed E-state index contributed by atoms with van der Waals surface area (Å²) in [5.74, 6) is 0. The lowest BCUT2D eigenvalue weighted by atomic mass is 10.0. The van der Waals surface area contributed by atoms with Gasteiger partial charge in [0.2, 0.25) is 0 Å². The maximum Gasteiger partial charge on any atom is 0.0467 e. The van der Waals surface area contributed by atoms with Crippen LogP contribution < -0.4 is 9.80 Å². The molecule has 0 fully saturated rings. The van der Waals surface area contributed by atoms with Crippen molar-refractivity contribution >= 4 is 58.4 Å². The molecule has 0 unspecified atom stereocenters. The van der Waals surface area contributed by atoms with E-state index in [2.05, 4.69) is 279 Å². The maximum absolute atomic E-state index is 2.31. The SMILES string of the molecule is Cc1ccc(/C=C/C=C/c2cccc(N(c3ccccc3)c3ccc(-c4ccc(N(c5ccccc5)c5cccc(/C=C/C=C/c6ccc(C)cc6)c5)cc4)cc3)c2)cc1. The molecule has 0 aromatic heterocycles. The zero-order valence-corrected chi connectivity index (χ0v) is 34.1. The Bertz CT molecular complexity index is 2530. The lowest BCUT2D eigenvalue weighted by Crippen LogP contribution is -2.10. The molecule has 2 nitrogen and oxygen atoms in total. The van der Waals surface area contributed by atoms with Crippen molar-refractivity contribution in [2.75, 3.05) is 9.80 Å². The highest BCUT2D eigenvalue weighted by Gasteiger charge is 2.15. The minimum absolute atomic E-state index is 1.09. The monoisotopic (exact) mass is 772 g/mol. The first-order valence-corrected chi connectivity index (χ1v) is 20.5. The summed E-state index contributed by atoms with van der Waals surface area (Å²) in [5, 5.41) is 0. The molecule has 0 aliphatic carbocycles. The summed E-state index contributed by atoms with van der Waals surface area (Å²) >= 11 is 0. The Morgan fingerprint density at radius 3 is 0.950 bits per heavy atom.